The predicted octanol–water partition coefficient (Wildman–Crippen LogP) is 13.3. The summed E-state index contributed by atoms with van der Waals surface area (Å²) in [4.78, 5) is 18.1. The maximum Gasteiger partial charge on any atom is 0.469 e. The van der Waals surface area contributed by atoms with Crippen molar-refractivity contribution in [3.63, 3.8) is 0 Å². The first kappa shape index (κ1) is 45.2. The normalized spacial score (nSPS) is 12.9. The van der Waals surface area contributed by atoms with Gasteiger partial charge in [0.2, 0.25) is 0 Å². The number of ether oxygens (including phenoxy) is 2. The molecule has 2 N–H and O–H groups in total. The highest BCUT2D eigenvalue weighted by atomic mass is 31.2. The van der Waals surface area contributed by atoms with Gasteiger partial charge in [-0.15, -0.1) is 0 Å². The molecule has 0 spiro atoms. The molecule has 0 aliphatic heterocycles. The molecule has 0 rings (SSSR count). The Morgan fingerprint density at radius 3 is 1.15 bits per heavy atom. The second-order valence-corrected chi connectivity index (χ2v) is 14.6. The zero-order chi connectivity index (χ0) is 33.7. The standard InChI is InChI=1S/C39H77O6P/c1-3-5-7-9-11-13-15-17-19-21-23-25-27-29-31-33-35-43-37-39(38-45-46(40,41)42)44-36-34-32-30-28-26-24-22-20-18-16-14-12-10-8-6-4-2/h33-36,39H,3-32,37-38H2,1-2H3,(H2,40,41,42)/t39-/m1/s1. The molecule has 0 aromatic heterocycles. The van der Waals surface area contributed by atoms with Gasteiger partial charge >= 0.3 is 7.82 Å². The molecule has 274 valence electrons. The molecule has 0 fully saturated rings. The zero-order valence-electron chi connectivity index (χ0n) is 30.5. The van der Waals surface area contributed by atoms with Crippen molar-refractivity contribution >= 4 is 7.82 Å². The maximum absolute atomic E-state index is 11.2. The van der Waals surface area contributed by atoms with Gasteiger partial charge in [-0.3, -0.25) is 4.52 Å². The molecule has 1 atom stereocenters. The minimum Gasteiger partial charge on any atom is -0.498 e. The summed E-state index contributed by atoms with van der Waals surface area (Å²) in [5.74, 6) is 0. The number of allylic oxidation sites excluding steroid dienone is 2. The lowest BCUT2D eigenvalue weighted by molar-refractivity contribution is 0.0244. The summed E-state index contributed by atoms with van der Waals surface area (Å²) in [6.45, 7) is 4.51. The highest BCUT2D eigenvalue weighted by Crippen LogP contribution is 2.35. The lowest BCUT2D eigenvalue weighted by Crippen LogP contribution is -2.22. The van der Waals surface area contributed by atoms with Gasteiger partial charge in [0, 0.05) is 0 Å². The fourth-order valence-corrected chi connectivity index (χ4v) is 6.11. The lowest BCUT2D eigenvalue weighted by atomic mass is 10.0. The molecule has 6 nitrogen and oxygen atoms in total. The van der Waals surface area contributed by atoms with Crippen LogP contribution in [0.25, 0.3) is 0 Å². The van der Waals surface area contributed by atoms with Crippen LogP contribution in [0.1, 0.15) is 206 Å². The molecular formula is C39H77O6P. The number of rotatable bonds is 38. The van der Waals surface area contributed by atoms with Crippen LogP contribution in [-0.2, 0) is 18.6 Å². The van der Waals surface area contributed by atoms with E-state index in [1.54, 1.807) is 12.5 Å². The average molecular weight is 673 g/mol. The Morgan fingerprint density at radius 2 is 0.804 bits per heavy atom. The molecule has 46 heavy (non-hydrogen) atoms. The highest BCUT2D eigenvalue weighted by molar-refractivity contribution is 7.46. The highest BCUT2D eigenvalue weighted by Gasteiger charge is 2.19. The molecule has 0 radical (unpaired) electrons. The van der Waals surface area contributed by atoms with Crippen LogP contribution in [0, 0.1) is 0 Å². The van der Waals surface area contributed by atoms with Crippen molar-refractivity contribution in [3.05, 3.63) is 24.7 Å². The van der Waals surface area contributed by atoms with Gasteiger partial charge in [0.15, 0.2) is 6.10 Å². The SMILES string of the molecule is CCCCCCCCCCCCCCCCC=COC[C@H](COP(=O)(O)O)OC=CCCCCCCCCCCCCCCCC. The van der Waals surface area contributed by atoms with Gasteiger partial charge in [-0.25, -0.2) is 4.57 Å². The van der Waals surface area contributed by atoms with Gasteiger partial charge in [-0.2, -0.15) is 0 Å². The fourth-order valence-electron chi connectivity index (χ4n) is 5.75. The van der Waals surface area contributed by atoms with Crippen LogP contribution in [0.2, 0.25) is 0 Å². The Bertz CT molecular complexity index is 692. The van der Waals surface area contributed by atoms with Crippen LogP contribution >= 0.6 is 7.82 Å². The van der Waals surface area contributed by atoms with Crippen LogP contribution in [0.3, 0.4) is 0 Å². The van der Waals surface area contributed by atoms with Gasteiger partial charge in [-0.1, -0.05) is 181 Å². The third-order valence-electron chi connectivity index (χ3n) is 8.72. The van der Waals surface area contributed by atoms with Gasteiger partial charge in [0.1, 0.15) is 6.61 Å². The monoisotopic (exact) mass is 673 g/mol. The van der Waals surface area contributed by atoms with Crippen LogP contribution in [-0.4, -0.2) is 29.1 Å². The molecule has 0 aliphatic rings. The molecule has 0 amide bonds. The second kappa shape index (κ2) is 37.0. The van der Waals surface area contributed by atoms with E-state index in [0.717, 1.165) is 25.7 Å². The number of unbranched alkanes of at least 4 members (excludes halogenated alkanes) is 28. The molecule has 0 heterocycles. The van der Waals surface area contributed by atoms with E-state index in [0.29, 0.717) is 0 Å². The Kier molecular flexibility index (Phi) is 36.4. The van der Waals surface area contributed by atoms with E-state index < -0.39 is 13.9 Å². The van der Waals surface area contributed by atoms with E-state index in [4.69, 9.17) is 19.3 Å². The Balaban J connectivity index is 3.76. The van der Waals surface area contributed by atoms with Crippen molar-refractivity contribution in [3.8, 4) is 0 Å². The number of phosphoric ester groups is 1. The van der Waals surface area contributed by atoms with Crippen molar-refractivity contribution < 1.29 is 28.3 Å². The number of hydrogen-bond acceptors (Lipinski definition) is 4. The van der Waals surface area contributed by atoms with E-state index in [9.17, 15) is 4.57 Å². The first-order valence-corrected chi connectivity index (χ1v) is 21.3. The zero-order valence-corrected chi connectivity index (χ0v) is 31.4. The molecule has 0 aromatic rings. The van der Waals surface area contributed by atoms with Crippen LogP contribution < -0.4 is 0 Å². The van der Waals surface area contributed by atoms with Gasteiger partial charge in [0.05, 0.1) is 19.1 Å². The average Bonchev–Trinajstić information content (AvgIpc) is 3.03. The summed E-state index contributed by atoms with van der Waals surface area (Å²) in [5, 5.41) is 0. The Morgan fingerprint density at radius 1 is 0.478 bits per heavy atom. The smallest absolute Gasteiger partial charge is 0.469 e. The predicted molar refractivity (Wildman–Crippen MR) is 197 cm³/mol. The molecule has 0 unspecified atom stereocenters. The van der Waals surface area contributed by atoms with E-state index in [1.165, 1.54) is 167 Å². The van der Waals surface area contributed by atoms with Crippen molar-refractivity contribution in [2.45, 2.75) is 213 Å². The maximum atomic E-state index is 11.2. The van der Waals surface area contributed by atoms with Crippen molar-refractivity contribution in [1.29, 1.82) is 0 Å². The largest absolute Gasteiger partial charge is 0.498 e. The van der Waals surface area contributed by atoms with E-state index >= 15 is 0 Å². The van der Waals surface area contributed by atoms with Gasteiger partial charge in [0.25, 0.3) is 0 Å². The number of phosphoric acid groups is 1. The van der Waals surface area contributed by atoms with E-state index in [1.807, 2.05) is 12.2 Å². The summed E-state index contributed by atoms with van der Waals surface area (Å²) in [5.41, 5.74) is 0. The summed E-state index contributed by atoms with van der Waals surface area (Å²) in [6.07, 6.45) is 46.4. The Labute approximate surface area is 286 Å². The molecule has 0 saturated carbocycles. The van der Waals surface area contributed by atoms with Crippen LogP contribution in [0.15, 0.2) is 24.7 Å². The van der Waals surface area contributed by atoms with Crippen molar-refractivity contribution in [1.82, 2.24) is 0 Å². The molecular weight excluding hydrogens is 595 g/mol. The van der Waals surface area contributed by atoms with E-state index in [-0.39, 0.29) is 13.2 Å². The number of hydrogen-bond donors (Lipinski definition) is 2. The third kappa shape index (κ3) is 39.4. The molecule has 0 bridgehead atoms. The Hall–Kier alpha value is -0.810. The molecule has 0 saturated heterocycles. The molecule has 0 aliphatic carbocycles. The first-order valence-electron chi connectivity index (χ1n) is 19.8. The lowest BCUT2D eigenvalue weighted by Gasteiger charge is -2.16. The third-order valence-corrected chi connectivity index (χ3v) is 9.20. The summed E-state index contributed by atoms with van der Waals surface area (Å²) in [7, 11) is -4.55. The topological polar surface area (TPSA) is 85.2 Å². The molecule has 7 heteroatoms. The van der Waals surface area contributed by atoms with Gasteiger partial charge in [-0.05, 0) is 37.8 Å². The van der Waals surface area contributed by atoms with Gasteiger partial charge < -0.3 is 19.3 Å². The fraction of sp³-hybridized carbons (Fsp3) is 0.897. The quantitative estimate of drug-likeness (QED) is 0.0386. The minimum absolute atomic E-state index is 0.179. The summed E-state index contributed by atoms with van der Waals surface area (Å²) < 4.78 is 27.1. The summed E-state index contributed by atoms with van der Waals surface area (Å²) >= 11 is 0. The van der Waals surface area contributed by atoms with E-state index in [2.05, 4.69) is 18.4 Å². The summed E-state index contributed by atoms with van der Waals surface area (Å²) in [6, 6.07) is 0. The molecule has 0 aromatic carbocycles. The second-order valence-electron chi connectivity index (χ2n) is 13.4. The van der Waals surface area contributed by atoms with Crippen molar-refractivity contribution in [2.75, 3.05) is 13.2 Å². The minimum atomic E-state index is -4.55. The first-order chi connectivity index (χ1) is 22.5. The van der Waals surface area contributed by atoms with Crippen LogP contribution in [0.5, 0.6) is 0 Å². The van der Waals surface area contributed by atoms with Crippen molar-refractivity contribution in [2.24, 2.45) is 0 Å². The van der Waals surface area contributed by atoms with Crippen LogP contribution in [0.4, 0.5) is 0 Å².